The van der Waals surface area contributed by atoms with Gasteiger partial charge in [0.1, 0.15) is 0 Å². The maximum atomic E-state index is 10.6. The van der Waals surface area contributed by atoms with Gasteiger partial charge in [0.25, 0.3) is 0 Å². The number of nitrogens with one attached hydrogen (secondary N) is 1. The molecule has 0 saturated heterocycles. The van der Waals surface area contributed by atoms with Crippen molar-refractivity contribution >= 4 is 12.0 Å². The van der Waals surface area contributed by atoms with Crippen LogP contribution >= 0.6 is 0 Å². The normalized spacial score (nSPS) is 12.2. The lowest BCUT2D eigenvalue weighted by Crippen LogP contribution is -2.02. The fourth-order valence-corrected chi connectivity index (χ4v) is 1.32. The molecule has 1 aromatic rings. The van der Waals surface area contributed by atoms with Gasteiger partial charge in [-0.1, -0.05) is 12.1 Å². The third-order valence-electron chi connectivity index (χ3n) is 1.96. The number of aliphatic hydroxyl groups excluding tert-OH is 1. The van der Waals surface area contributed by atoms with Crippen molar-refractivity contribution in [2.24, 2.45) is 0 Å². The minimum atomic E-state index is -0.567. The molecule has 1 aromatic carbocycles. The SMILES string of the molecule is CNc1c(C=O)cccc1C(C)O. The lowest BCUT2D eigenvalue weighted by Gasteiger charge is -2.12. The number of hydrogen-bond donors (Lipinski definition) is 2. The molecule has 2 N–H and O–H groups in total. The molecule has 3 heteroatoms. The predicted octanol–water partition coefficient (Wildman–Crippen LogP) is 1.59. The van der Waals surface area contributed by atoms with Crippen molar-refractivity contribution in [1.29, 1.82) is 0 Å². The maximum absolute atomic E-state index is 10.6. The molecular weight excluding hydrogens is 166 g/mol. The van der Waals surface area contributed by atoms with Gasteiger partial charge in [-0.15, -0.1) is 0 Å². The second-order valence-electron chi connectivity index (χ2n) is 2.86. The highest BCUT2D eigenvalue weighted by molar-refractivity contribution is 5.85. The summed E-state index contributed by atoms with van der Waals surface area (Å²) >= 11 is 0. The Morgan fingerprint density at radius 3 is 2.69 bits per heavy atom. The van der Waals surface area contributed by atoms with Crippen molar-refractivity contribution in [3.63, 3.8) is 0 Å². The molecule has 0 heterocycles. The summed E-state index contributed by atoms with van der Waals surface area (Å²) < 4.78 is 0. The number of carbonyl (C=O) groups excluding carboxylic acids is 1. The van der Waals surface area contributed by atoms with E-state index in [-0.39, 0.29) is 0 Å². The zero-order valence-corrected chi connectivity index (χ0v) is 7.74. The van der Waals surface area contributed by atoms with E-state index in [4.69, 9.17) is 0 Å². The fourth-order valence-electron chi connectivity index (χ4n) is 1.32. The lowest BCUT2D eigenvalue weighted by molar-refractivity contribution is 0.112. The molecule has 0 aliphatic rings. The summed E-state index contributed by atoms with van der Waals surface area (Å²) in [7, 11) is 1.73. The largest absolute Gasteiger partial charge is 0.389 e. The Morgan fingerprint density at radius 1 is 1.54 bits per heavy atom. The standard InChI is InChI=1S/C10H13NO2/c1-7(13)9-5-3-4-8(6-12)10(9)11-2/h3-7,11,13H,1-2H3. The van der Waals surface area contributed by atoms with E-state index in [0.717, 1.165) is 11.8 Å². The molecule has 0 spiro atoms. The molecule has 0 aliphatic heterocycles. The highest BCUT2D eigenvalue weighted by atomic mass is 16.3. The van der Waals surface area contributed by atoms with E-state index in [2.05, 4.69) is 5.32 Å². The number of carbonyl (C=O) groups is 1. The molecule has 0 radical (unpaired) electrons. The first-order chi connectivity index (χ1) is 6.20. The van der Waals surface area contributed by atoms with E-state index in [1.807, 2.05) is 0 Å². The molecule has 0 fully saturated rings. The first-order valence-electron chi connectivity index (χ1n) is 4.14. The Bertz CT molecular complexity index is 308. The topological polar surface area (TPSA) is 49.3 Å². The predicted molar refractivity (Wildman–Crippen MR) is 52.0 cm³/mol. The molecule has 0 amide bonds. The minimum absolute atomic E-state index is 0.567. The smallest absolute Gasteiger partial charge is 0.152 e. The van der Waals surface area contributed by atoms with Crippen LogP contribution in [0.1, 0.15) is 28.9 Å². The molecule has 1 unspecified atom stereocenters. The second kappa shape index (κ2) is 4.05. The van der Waals surface area contributed by atoms with Gasteiger partial charge in [0.05, 0.1) is 11.8 Å². The zero-order valence-electron chi connectivity index (χ0n) is 7.74. The van der Waals surface area contributed by atoms with Crippen LogP contribution in [0.2, 0.25) is 0 Å². The van der Waals surface area contributed by atoms with E-state index >= 15 is 0 Å². The molecule has 3 nitrogen and oxygen atoms in total. The van der Waals surface area contributed by atoms with Crippen molar-refractivity contribution in [2.45, 2.75) is 13.0 Å². The first-order valence-corrected chi connectivity index (χ1v) is 4.14. The van der Waals surface area contributed by atoms with Crippen molar-refractivity contribution < 1.29 is 9.90 Å². The zero-order chi connectivity index (χ0) is 9.84. The van der Waals surface area contributed by atoms with Crippen LogP contribution in [0.15, 0.2) is 18.2 Å². The number of anilines is 1. The van der Waals surface area contributed by atoms with E-state index in [1.165, 1.54) is 0 Å². The molecule has 0 saturated carbocycles. The van der Waals surface area contributed by atoms with Gasteiger partial charge in [0.2, 0.25) is 0 Å². The van der Waals surface area contributed by atoms with Gasteiger partial charge < -0.3 is 10.4 Å². The average molecular weight is 179 g/mol. The van der Waals surface area contributed by atoms with Gasteiger partial charge in [-0.05, 0) is 13.0 Å². The Kier molecular flexibility index (Phi) is 3.03. The first kappa shape index (κ1) is 9.74. The van der Waals surface area contributed by atoms with Crippen molar-refractivity contribution in [1.82, 2.24) is 0 Å². The highest BCUT2D eigenvalue weighted by Crippen LogP contribution is 2.24. The molecule has 13 heavy (non-hydrogen) atoms. The lowest BCUT2D eigenvalue weighted by atomic mass is 10.0. The van der Waals surface area contributed by atoms with E-state index in [9.17, 15) is 9.90 Å². The number of benzene rings is 1. The summed E-state index contributed by atoms with van der Waals surface area (Å²) in [5.74, 6) is 0. The van der Waals surface area contributed by atoms with Gasteiger partial charge in [-0.2, -0.15) is 0 Å². The quantitative estimate of drug-likeness (QED) is 0.693. The van der Waals surface area contributed by atoms with Crippen LogP contribution in [0.3, 0.4) is 0 Å². The Balaban J connectivity index is 3.26. The maximum Gasteiger partial charge on any atom is 0.152 e. The second-order valence-corrected chi connectivity index (χ2v) is 2.86. The number of aliphatic hydroxyl groups is 1. The van der Waals surface area contributed by atoms with Crippen LogP contribution in [0.5, 0.6) is 0 Å². The number of para-hydroxylation sites is 1. The highest BCUT2D eigenvalue weighted by Gasteiger charge is 2.09. The Hall–Kier alpha value is -1.35. The van der Waals surface area contributed by atoms with Gasteiger partial charge in [-0.3, -0.25) is 4.79 Å². The van der Waals surface area contributed by atoms with Gasteiger partial charge in [0, 0.05) is 18.2 Å². The van der Waals surface area contributed by atoms with Crippen LogP contribution in [0.25, 0.3) is 0 Å². The average Bonchev–Trinajstić information content (AvgIpc) is 2.16. The monoisotopic (exact) mass is 179 g/mol. The van der Waals surface area contributed by atoms with Crippen molar-refractivity contribution in [2.75, 3.05) is 12.4 Å². The van der Waals surface area contributed by atoms with E-state index < -0.39 is 6.10 Å². The summed E-state index contributed by atoms with van der Waals surface area (Å²) in [6.45, 7) is 1.67. The third kappa shape index (κ3) is 1.87. The molecule has 0 aliphatic carbocycles. The Morgan fingerprint density at radius 2 is 2.23 bits per heavy atom. The van der Waals surface area contributed by atoms with Gasteiger partial charge in [-0.25, -0.2) is 0 Å². The summed E-state index contributed by atoms with van der Waals surface area (Å²) in [6.07, 6.45) is 0.208. The summed E-state index contributed by atoms with van der Waals surface area (Å²) in [4.78, 5) is 10.6. The van der Waals surface area contributed by atoms with Crippen LogP contribution in [-0.4, -0.2) is 18.4 Å². The molecule has 1 atom stereocenters. The van der Waals surface area contributed by atoms with Crippen LogP contribution in [0, 0.1) is 0 Å². The third-order valence-corrected chi connectivity index (χ3v) is 1.96. The number of hydrogen-bond acceptors (Lipinski definition) is 3. The van der Waals surface area contributed by atoms with Crippen molar-refractivity contribution in [3.8, 4) is 0 Å². The van der Waals surface area contributed by atoms with Crippen LogP contribution in [0.4, 0.5) is 5.69 Å². The molecule has 70 valence electrons. The van der Waals surface area contributed by atoms with E-state index in [0.29, 0.717) is 11.3 Å². The van der Waals surface area contributed by atoms with Gasteiger partial charge >= 0.3 is 0 Å². The number of aldehydes is 1. The molecular formula is C10H13NO2. The Labute approximate surface area is 77.4 Å². The van der Waals surface area contributed by atoms with E-state index in [1.54, 1.807) is 32.2 Å². The molecule has 1 rings (SSSR count). The number of rotatable bonds is 3. The summed E-state index contributed by atoms with van der Waals surface area (Å²) in [5, 5.41) is 12.3. The fraction of sp³-hybridized carbons (Fsp3) is 0.300. The summed E-state index contributed by atoms with van der Waals surface area (Å²) in [5.41, 5.74) is 2.01. The van der Waals surface area contributed by atoms with Crippen molar-refractivity contribution in [3.05, 3.63) is 29.3 Å². The van der Waals surface area contributed by atoms with Gasteiger partial charge in [0.15, 0.2) is 6.29 Å². The summed E-state index contributed by atoms with van der Waals surface area (Å²) in [6, 6.07) is 5.26. The molecule has 0 aromatic heterocycles. The minimum Gasteiger partial charge on any atom is -0.389 e. The van der Waals surface area contributed by atoms with Crippen LogP contribution in [-0.2, 0) is 0 Å². The van der Waals surface area contributed by atoms with Crippen LogP contribution < -0.4 is 5.32 Å². The molecule has 0 bridgehead atoms.